The van der Waals surface area contributed by atoms with E-state index in [0.717, 1.165) is 24.3 Å². The van der Waals surface area contributed by atoms with Crippen molar-refractivity contribution in [2.24, 2.45) is 0 Å². The lowest BCUT2D eigenvalue weighted by Crippen LogP contribution is -2.54. The molecule has 2 atom stereocenters. The van der Waals surface area contributed by atoms with Gasteiger partial charge < -0.3 is 19.9 Å². The van der Waals surface area contributed by atoms with Crippen molar-refractivity contribution in [1.29, 1.82) is 0 Å². The first kappa shape index (κ1) is 39.4. The molecule has 3 amide bonds. The number of amides is 3. The van der Waals surface area contributed by atoms with Gasteiger partial charge in [-0.05, 0) is 84.9 Å². The van der Waals surface area contributed by atoms with Crippen LogP contribution in [-0.4, -0.2) is 52.9 Å². The molecule has 4 rings (SSSR count). The minimum atomic E-state index is -4.94. The van der Waals surface area contributed by atoms with Crippen LogP contribution < -0.4 is 16.2 Å². The Labute approximate surface area is 298 Å². The number of carboxylic acid groups (broad SMARTS) is 1. The zero-order valence-electron chi connectivity index (χ0n) is 26.3. The molecule has 0 bridgehead atoms. The average Bonchev–Trinajstić information content (AvgIpc) is 3.11. The highest BCUT2D eigenvalue weighted by molar-refractivity contribution is 6.30. The Morgan fingerprint density at radius 2 is 1.04 bits per heavy atom. The summed E-state index contributed by atoms with van der Waals surface area (Å²) < 4.78 is 89.0. The van der Waals surface area contributed by atoms with Gasteiger partial charge in [0.2, 0.25) is 12.2 Å². The largest absolute Gasteiger partial charge is 0.478 e. The first-order valence-corrected chi connectivity index (χ1v) is 15.0. The summed E-state index contributed by atoms with van der Waals surface area (Å²) in [5, 5.41) is 12.8. The third-order valence-electron chi connectivity index (χ3n) is 6.91. The molecule has 53 heavy (non-hydrogen) atoms. The second-order valence-electron chi connectivity index (χ2n) is 10.6. The van der Waals surface area contributed by atoms with E-state index >= 15 is 0 Å². The van der Waals surface area contributed by atoms with Crippen molar-refractivity contribution in [3.63, 3.8) is 0 Å². The molecule has 0 fully saturated rings. The molecule has 0 unspecified atom stereocenters. The van der Waals surface area contributed by atoms with Gasteiger partial charge >= 0.3 is 30.3 Å². The van der Waals surface area contributed by atoms with Crippen molar-refractivity contribution in [3.8, 4) is 0 Å². The second kappa shape index (κ2) is 16.3. The van der Waals surface area contributed by atoms with E-state index in [2.05, 4.69) is 5.32 Å². The molecule has 19 heteroatoms. The molecule has 4 aromatic carbocycles. The van der Waals surface area contributed by atoms with Gasteiger partial charge in [0.25, 0.3) is 17.7 Å². The van der Waals surface area contributed by atoms with Gasteiger partial charge in [0, 0.05) is 21.8 Å². The van der Waals surface area contributed by atoms with E-state index in [-0.39, 0.29) is 16.8 Å². The molecule has 4 aromatic rings. The van der Waals surface area contributed by atoms with Gasteiger partial charge in [-0.15, -0.1) is 0 Å². The molecule has 0 aliphatic rings. The molecular weight excluding hydrogens is 744 g/mol. The number of halogens is 7. The maximum Gasteiger partial charge on any atom is 0.416 e. The summed E-state index contributed by atoms with van der Waals surface area (Å²) >= 11 is 5.81. The molecule has 0 saturated carbocycles. The lowest BCUT2D eigenvalue weighted by atomic mass is 10.1. The van der Waals surface area contributed by atoms with E-state index in [0.29, 0.717) is 29.3 Å². The van der Waals surface area contributed by atoms with Gasteiger partial charge in [-0.1, -0.05) is 23.7 Å². The summed E-state index contributed by atoms with van der Waals surface area (Å²) in [4.78, 5) is 76.3. The molecule has 0 radical (unpaired) electrons. The Morgan fingerprint density at radius 1 is 0.585 bits per heavy atom. The van der Waals surface area contributed by atoms with Crippen LogP contribution >= 0.6 is 11.6 Å². The number of carbonyl (C=O) groups excluding carboxylic acids is 5. The highest BCUT2D eigenvalue weighted by atomic mass is 35.5. The molecule has 0 heterocycles. The number of aliphatic carboxylic acids is 1. The topological polar surface area (TPSA) is 177 Å². The smallest absolute Gasteiger partial charge is 0.416 e. The number of benzene rings is 4. The van der Waals surface area contributed by atoms with Gasteiger partial charge in [-0.25, -0.2) is 14.4 Å². The van der Waals surface area contributed by atoms with Crippen molar-refractivity contribution in [3.05, 3.63) is 135 Å². The minimum Gasteiger partial charge on any atom is -0.478 e. The summed E-state index contributed by atoms with van der Waals surface area (Å²) in [6.45, 7) is 0. The van der Waals surface area contributed by atoms with Crippen LogP contribution in [0, 0.1) is 0 Å². The number of alkyl halides is 6. The fourth-order valence-corrected chi connectivity index (χ4v) is 4.40. The van der Waals surface area contributed by atoms with Crippen molar-refractivity contribution >= 4 is 52.9 Å². The number of rotatable bonds is 10. The van der Waals surface area contributed by atoms with Gasteiger partial charge in [0.05, 0.1) is 22.3 Å². The number of ether oxygens (including phenoxy) is 2. The molecule has 12 nitrogen and oxygen atoms in total. The Kier molecular flexibility index (Phi) is 12.1. The third-order valence-corrected chi connectivity index (χ3v) is 7.16. The molecule has 0 aliphatic carbocycles. The summed E-state index contributed by atoms with van der Waals surface area (Å²) in [5.41, 5.74) is -0.365. The number of nitrogens with one attached hydrogen (secondary N) is 3. The van der Waals surface area contributed by atoms with E-state index in [1.54, 1.807) is 5.43 Å². The maximum absolute atomic E-state index is 13.3. The zero-order chi connectivity index (χ0) is 39.1. The Morgan fingerprint density at radius 3 is 1.51 bits per heavy atom. The van der Waals surface area contributed by atoms with Crippen LogP contribution in [-0.2, 0) is 31.4 Å². The quantitative estimate of drug-likeness (QED) is 0.0867. The van der Waals surface area contributed by atoms with E-state index < -0.39 is 82.4 Å². The van der Waals surface area contributed by atoms with Crippen LogP contribution in [0.25, 0.3) is 0 Å². The lowest BCUT2D eigenvalue weighted by Gasteiger charge is -2.24. The fourth-order valence-electron chi connectivity index (χ4n) is 4.28. The SMILES string of the molecule is O=C(NNC(=O)[C@H](OC(=O)c1cccc(C(F)(F)F)c1)[C@@H](OC(=O)c1cccc(C(F)(F)F)c1)C(=O)O)c1ccc(NC(=O)c2ccc(Cl)cc2)cc1. The van der Waals surface area contributed by atoms with Gasteiger partial charge in [-0.3, -0.25) is 25.2 Å². The number of hydrogen-bond acceptors (Lipinski definition) is 8. The maximum atomic E-state index is 13.3. The zero-order valence-corrected chi connectivity index (χ0v) is 27.0. The highest BCUT2D eigenvalue weighted by Gasteiger charge is 2.42. The van der Waals surface area contributed by atoms with Gasteiger partial charge in [0.15, 0.2) is 0 Å². The lowest BCUT2D eigenvalue weighted by molar-refractivity contribution is -0.159. The number of carbonyl (C=O) groups is 6. The fraction of sp³-hybridized carbons (Fsp3) is 0.118. The van der Waals surface area contributed by atoms with E-state index in [1.165, 1.54) is 48.5 Å². The van der Waals surface area contributed by atoms with Gasteiger partial charge in [-0.2, -0.15) is 26.3 Å². The molecule has 0 aromatic heterocycles. The number of hydrazine groups is 1. The first-order chi connectivity index (χ1) is 24.8. The summed E-state index contributed by atoms with van der Waals surface area (Å²) in [6.07, 6.45) is -15.5. The highest BCUT2D eigenvalue weighted by Crippen LogP contribution is 2.31. The van der Waals surface area contributed by atoms with Crippen molar-refractivity contribution in [1.82, 2.24) is 10.9 Å². The number of anilines is 1. The Balaban J connectivity index is 1.54. The Hall–Kier alpha value is -6.43. The molecular formula is C34H22ClF6N3O9. The molecule has 0 saturated heterocycles. The molecule has 0 spiro atoms. The summed E-state index contributed by atoms with van der Waals surface area (Å²) in [6, 6.07) is 15.9. The van der Waals surface area contributed by atoms with Crippen LogP contribution in [0.1, 0.15) is 52.6 Å². The Bertz CT molecular complexity index is 2040. The number of esters is 2. The van der Waals surface area contributed by atoms with Crippen molar-refractivity contribution in [2.45, 2.75) is 24.6 Å². The van der Waals surface area contributed by atoms with E-state index in [1.807, 2.05) is 5.43 Å². The molecule has 4 N–H and O–H groups in total. The van der Waals surface area contributed by atoms with Gasteiger partial charge in [0.1, 0.15) is 0 Å². The van der Waals surface area contributed by atoms with Crippen LogP contribution in [0.3, 0.4) is 0 Å². The molecule has 276 valence electrons. The normalized spacial score (nSPS) is 12.4. The van der Waals surface area contributed by atoms with E-state index in [4.69, 9.17) is 21.1 Å². The van der Waals surface area contributed by atoms with Crippen LogP contribution in [0.4, 0.5) is 32.0 Å². The second-order valence-corrected chi connectivity index (χ2v) is 11.1. The van der Waals surface area contributed by atoms with E-state index in [9.17, 15) is 60.2 Å². The number of hydrogen-bond donors (Lipinski definition) is 4. The van der Waals surface area contributed by atoms with Crippen LogP contribution in [0.5, 0.6) is 0 Å². The van der Waals surface area contributed by atoms with Crippen LogP contribution in [0.2, 0.25) is 5.02 Å². The monoisotopic (exact) mass is 765 g/mol. The third kappa shape index (κ3) is 10.5. The molecule has 0 aliphatic heterocycles. The minimum absolute atomic E-state index is 0.155. The van der Waals surface area contributed by atoms with Crippen molar-refractivity contribution < 1.29 is 69.7 Å². The number of carboxylic acids is 1. The summed E-state index contributed by atoms with van der Waals surface area (Å²) in [7, 11) is 0. The summed E-state index contributed by atoms with van der Waals surface area (Å²) in [5.74, 6) is -8.92. The predicted octanol–water partition coefficient (Wildman–Crippen LogP) is 5.93. The average molecular weight is 766 g/mol. The van der Waals surface area contributed by atoms with Crippen molar-refractivity contribution in [2.75, 3.05) is 5.32 Å². The first-order valence-electron chi connectivity index (χ1n) is 14.6. The standard InChI is InChI=1S/C34H22ClF6N3O9/c35-23-11-7-17(8-12-23)27(45)42-24-13-9-18(10-14-24)28(46)43-44-29(47)25(52-31(50)19-3-1-5-21(15-19)33(36,37)38)26(30(48)49)53-32(51)20-4-2-6-22(16-20)34(39,40)41/h1-16,25-26H,(H,42,45)(H,43,46)(H,44,47)(H,48,49)/t25-,26-/m1/s1. The van der Waals surface area contributed by atoms with Crippen LogP contribution in [0.15, 0.2) is 97.1 Å². The predicted molar refractivity (Wildman–Crippen MR) is 170 cm³/mol.